The van der Waals surface area contributed by atoms with Gasteiger partial charge in [-0.1, -0.05) is 29.1 Å². The number of hydrogen-bond acceptors (Lipinski definition) is 4. The number of alkyl halides is 2. The van der Waals surface area contributed by atoms with E-state index in [1.54, 1.807) is 47.1 Å². The third-order valence-electron chi connectivity index (χ3n) is 3.43. The van der Waals surface area contributed by atoms with Crippen LogP contribution < -0.4 is 5.32 Å². The van der Waals surface area contributed by atoms with Gasteiger partial charge in [-0.2, -0.15) is 8.78 Å². The molecule has 0 aliphatic carbocycles. The van der Waals surface area contributed by atoms with Crippen molar-refractivity contribution in [1.82, 2.24) is 15.0 Å². The van der Waals surface area contributed by atoms with Crippen LogP contribution in [0.5, 0.6) is 0 Å². The predicted molar refractivity (Wildman–Crippen MR) is 89.5 cm³/mol. The largest absolute Gasteiger partial charge is 0.321 e. The van der Waals surface area contributed by atoms with Gasteiger partial charge < -0.3 is 5.32 Å². The van der Waals surface area contributed by atoms with Gasteiger partial charge in [0.05, 0.1) is 11.2 Å². The van der Waals surface area contributed by atoms with Gasteiger partial charge in [-0.25, -0.2) is 4.68 Å². The van der Waals surface area contributed by atoms with Gasteiger partial charge in [-0.15, -0.1) is 5.10 Å². The molecule has 8 heteroatoms. The van der Waals surface area contributed by atoms with Crippen LogP contribution in [0.25, 0.3) is 11.0 Å². The second kappa shape index (κ2) is 6.96. The van der Waals surface area contributed by atoms with Crippen molar-refractivity contribution in [2.75, 3.05) is 5.32 Å². The standard InChI is InChI=1S/C16H14F2N4OS/c1-2-22-13-8-7-10(9-12(13)20-21-22)15(23)19-11-5-3-4-6-14(11)24-16(17)18/h3-9,16H,2H2,1H3,(H,19,23). The number of anilines is 1. The molecule has 0 radical (unpaired) electrons. The van der Waals surface area contributed by atoms with Crippen molar-refractivity contribution in [2.24, 2.45) is 0 Å². The number of nitrogens with zero attached hydrogens (tertiary/aromatic N) is 3. The van der Waals surface area contributed by atoms with Gasteiger partial charge in [-0.05, 0) is 37.3 Å². The molecule has 124 valence electrons. The van der Waals surface area contributed by atoms with E-state index in [0.717, 1.165) is 5.52 Å². The maximum Gasteiger partial charge on any atom is 0.288 e. The van der Waals surface area contributed by atoms with Gasteiger partial charge in [0.1, 0.15) is 5.52 Å². The number of carbonyl (C=O) groups excluding carboxylic acids is 1. The second-order valence-electron chi connectivity index (χ2n) is 4.94. The molecule has 0 aliphatic rings. The number of hydrogen-bond donors (Lipinski definition) is 1. The Bertz CT molecular complexity index is 881. The Morgan fingerprint density at radius 3 is 2.83 bits per heavy atom. The molecule has 1 N–H and O–H groups in total. The lowest BCUT2D eigenvalue weighted by molar-refractivity contribution is 0.102. The average Bonchev–Trinajstić information content (AvgIpc) is 2.98. The molecule has 0 aliphatic heterocycles. The maximum absolute atomic E-state index is 12.6. The molecule has 0 unspecified atom stereocenters. The third kappa shape index (κ3) is 3.38. The number of amides is 1. The van der Waals surface area contributed by atoms with Crippen LogP contribution in [0.1, 0.15) is 17.3 Å². The molecule has 3 rings (SSSR count). The van der Waals surface area contributed by atoms with E-state index in [2.05, 4.69) is 15.6 Å². The van der Waals surface area contributed by atoms with Crippen LogP contribution in [0.2, 0.25) is 0 Å². The molecule has 3 aromatic rings. The number of aromatic nitrogens is 3. The Hall–Kier alpha value is -2.48. The summed E-state index contributed by atoms with van der Waals surface area (Å²) in [6.07, 6.45) is 0. The molecule has 0 atom stereocenters. The van der Waals surface area contributed by atoms with Crippen LogP contribution in [0.15, 0.2) is 47.4 Å². The van der Waals surface area contributed by atoms with Crippen LogP contribution in [0.4, 0.5) is 14.5 Å². The van der Waals surface area contributed by atoms with E-state index in [1.165, 1.54) is 0 Å². The number of para-hydroxylation sites is 1. The first-order valence-corrected chi connectivity index (χ1v) is 8.15. The predicted octanol–water partition coefficient (Wildman–Crippen LogP) is 4.02. The highest BCUT2D eigenvalue weighted by Gasteiger charge is 2.14. The zero-order valence-corrected chi connectivity index (χ0v) is 13.6. The van der Waals surface area contributed by atoms with Gasteiger partial charge in [0.25, 0.3) is 11.7 Å². The monoisotopic (exact) mass is 348 g/mol. The van der Waals surface area contributed by atoms with Gasteiger partial charge in [0.2, 0.25) is 0 Å². The zero-order chi connectivity index (χ0) is 17.1. The van der Waals surface area contributed by atoms with Gasteiger partial charge in [0, 0.05) is 17.0 Å². The fourth-order valence-electron chi connectivity index (χ4n) is 2.31. The van der Waals surface area contributed by atoms with Gasteiger partial charge >= 0.3 is 0 Å². The van der Waals surface area contributed by atoms with Crippen molar-refractivity contribution in [3.05, 3.63) is 48.0 Å². The van der Waals surface area contributed by atoms with E-state index >= 15 is 0 Å². The van der Waals surface area contributed by atoms with Crippen molar-refractivity contribution >= 4 is 34.4 Å². The van der Waals surface area contributed by atoms with E-state index in [-0.39, 0.29) is 5.91 Å². The summed E-state index contributed by atoms with van der Waals surface area (Å²) in [5.41, 5.74) is 2.19. The number of rotatable bonds is 5. The van der Waals surface area contributed by atoms with Crippen LogP contribution in [-0.2, 0) is 6.54 Å². The number of benzene rings is 2. The Balaban J connectivity index is 1.85. The minimum Gasteiger partial charge on any atom is -0.321 e. The normalized spacial score (nSPS) is 11.2. The Morgan fingerprint density at radius 2 is 2.08 bits per heavy atom. The summed E-state index contributed by atoms with van der Waals surface area (Å²) in [4.78, 5) is 12.7. The summed E-state index contributed by atoms with van der Waals surface area (Å²) in [5.74, 6) is -2.94. The molecule has 0 saturated heterocycles. The van der Waals surface area contributed by atoms with Gasteiger partial charge in [0.15, 0.2) is 0 Å². The zero-order valence-electron chi connectivity index (χ0n) is 12.7. The summed E-state index contributed by atoms with van der Waals surface area (Å²) >= 11 is 0.397. The molecule has 1 heterocycles. The van der Waals surface area contributed by atoms with E-state index in [0.29, 0.717) is 40.0 Å². The first-order chi connectivity index (χ1) is 11.6. The Morgan fingerprint density at radius 1 is 1.29 bits per heavy atom. The molecular weight excluding hydrogens is 334 g/mol. The molecule has 0 fully saturated rings. The number of carbonyl (C=O) groups is 1. The highest BCUT2D eigenvalue weighted by Crippen LogP contribution is 2.31. The van der Waals surface area contributed by atoms with Crippen LogP contribution in [0, 0.1) is 0 Å². The Kier molecular flexibility index (Phi) is 4.75. The SMILES string of the molecule is CCn1nnc2cc(C(=O)Nc3ccccc3SC(F)F)ccc21. The van der Waals surface area contributed by atoms with Crippen molar-refractivity contribution < 1.29 is 13.6 Å². The third-order valence-corrected chi connectivity index (χ3v) is 4.22. The van der Waals surface area contributed by atoms with E-state index in [4.69, 9.17) is 0 Å². The highest BCUT2D eigenvalue weighted by atomic mass is 32.2. The lowest BCUT2D eigenvalue weighted by atomic mass is 10.2. The fourth-order valence-corrected chi connectivity index (χ4v) is 2.91. The second-order valence-corrected chi connectivity index (χ2v) is 5.97. The molecule has 24 heavy (non-hydrogen) atoms. The minimum absolute atomic E-state index is 0.318. The number of halogens is 2. The molecular formula is C16H14F2N4OS. The Labute approximate surface area is 141 Å². The number of fused-ring (bicyclic) bond motifs is 1. The van der Waals surface area contributed by atoms with Crippen molar-refractivity contribution in [3.63, 3.8) is 0 Å². The number of nitrogens with one attached hydrogen (secondary N) is 1. The maximum atomic E-state index is 12.6. The number of aryl methyl sites for hydroxylation is 1. The lowest BCUT2D eigenvalue weighted by Gasteiger charge is -2.10. The molecule has 1 aromatic heterocycles. The first kappa shape index (κ1) is 16.4. The van der Waals surface area contributed by atoms with Crippen LogP contribution in [0.3, 0.4) is 0 Å². The lowest BCUT2D eigenvalue weighted by Crippen LogP contribution is -2.12. The fraction of sp³-hybridized carbons (Fsp3) is 0.188. The summed E-state index contributed by atoms with van der Waals surface area (Å²) in [6, 6.07) is 11.5. The molecule has 0 bridgehead atoms. The summed E-state index contributed by atoms with van der Waals surface area (Å²) < 4.78 is 26.9. The molecule has 2 aromatic carbocycles. The van der Waals surface area contributed by atoms with Crippen molar-refractivity contribution in [1.29, 1.82) is 0 Å². The molecule has 0 spiro atoms. The first-order valence-electron chi connectivity index (χ1n) is 7.27. The van der Waals surface area contributed by atoms with Crippen molar-refractivity contribution in [2.45, 2.75) is 24.1 Å². The van der Waals surface area contributed by atoms with E-state index in [1.807, 2.05) is 6.92 Å². The average molecular weight is 348 g/mol. The van der Waals surface area contributed by atoms with Crippen molar-refractivity contribution in [3.8, 4) is 0 Å². The summed E-state index contributed by atoms with van der Waals surface area (Å²) in [6.45, 7) is 2.63. The van der Waals surface area contributed by atoms with Crippen LogP contribution >= 0.6 is 11.8 Å². The summed E-state index contributed by atoms with van der Waals surface area (Å²) in [7, 11) is 0. The quantitative estimate of drug-likeness (QED) is 0.708. The van der Waals surface area contributed by atoms with E-state index in [9.17, 15) is 13.6 Å². The summed E-state index contributed by atoms with van der Waals surface area (Å²) in [5, 5.41) is 10.7. The number of thioether (sulfide) groups is 1. The molecule has 1 amide bonds. The smallest absolute Gasteiger partial charge is 0.288 e. The topological polar surface area (TPSA) is 59.8 Å². The highest BCUT2D eigenvalue weighted by molar-refractivity contribution is 7.99. The van der Waals surface area contributed by atoms with Crippen LogP contribution in [-0.4, -0.2) is 26.7 Å². The minimum atomic E-state index is -2.55. The molecule has 5 nitrogen and oxygen atoms in total. The van der Waals surface area contributed by atoms with E-state index < -0.39 is 5.76 Å². The molecule has 0 saturated carbocycles. The van der Waals surface area contributed by atoms with Gasteiger partial charge in [-0.3, -0.25) is 4.79 Å².